The third-order valence-corrected chi connectivity index (χ3v) is 3.73. The monoisotopic (exact) mass is 271 g/mol. The Kier molecular flexibility index (Phi) is 2.97. The number of aromatic nitrogens is 1. The van der Waals surface area contributed by atoms with Crippen LogP contribution in [0.3, 0.4) is 0 Å². The summed E-state index contributed by atoms with van der Waals surface area (Å²) in [5.74, 6) is -0.397. The molecule has 2 aromatic heterocycles. The second-order valence-corrected chi connectivity index (χ2v) is 5.02. The Bertz CT molecular complexity index is 710. The fourth-order valence-corrected chi connectivity index (χ4v) is 2.64. The Morgan fingerprint density at radius 2 is 1.95 bits per heavy atom. The number of hydrogen-bond donors (Lipinski definition) is 0. The summed E-state index contributed by atoms with van der Waals surface area (Å²) in [6, 6.07) is 10.7. The first-order valence-electron chi connectivity index (χ1n) is 5.69. The predicted molar refractivity (Wildman–Crippen MR) is 71.6 cm³/mol. The third kappa shape index (κ3) is 2.32. The molecule has 0 unspecified atom stereocenters. The highest BCUT2D eigenvalue weighted by molar-refractivity contribution is 7.20. The average molecular weight is 271 g/mol. The van der Waals surface area contributed by atoms with Crippen LogP contribution in [-0.4, -0.2) is 16.6 Å². The highest BCUT2D eigenvalue weighted by Gasteiger charge is 2.18. The van der Waals surface area contributed by atoms with Gasteiger partial charge in [0.15, 0.2) is 16.6 Å². The van der Waals surface area contributed by atoms with E-state index in [-0.39, 0.29) is 23.7 Å². The van der Waals surface area contributed by atoms with Gasteiger partial charge in [-0.2, -0.15) is 0 Å². The van der Waals surface area contributed by atoms with Crippen LogP contribution in [0.4, 0.5) is 0 Å². The average Bonchev–Trinajstić information content (AvgIpc) is 3.07. The number of rotatable bonds is 4. The van der Waals surface area contributed by atoms with Crippen LogP contribution in [0, 0.1) is 0 Å². The van der Waals surface area contributed by atoms with Crippen molar-refractivity contribution >= 4 is 33.1 Å². The van der Waals surface area contributed by atoms with Crippen molar-refractivity contribution in [3.63, 3.8) is 0 Å². The summed E-state index contributed by atoms with van der Waals surface area (Å²) in [7, 11) is 0. The molecular weight excluding hydrogens is 262 g/mol. The summed E-state index contributed by atoms with van der Waals surface area (Å²) < 4.78 is 5.91. The zero-order valence-corrected chi connectivity index (χ0v) is 10.6. The maximum absolute atomic E-state index is 12.0. The van der Waals surface area contributed by atoms with Crippen molar-refractivity contribution in [3.8, 4) is 0 Å². The van der Waals surface area contributed by atoms with Crippen molar-refractivity contribution in [2.24, 2.45) is 0 Å². The molecule has 2 heterocycles. The van der Waals surface area contributed by atoms with Crippen molar-refractivity contribution in [3.05, 3.63) is 53.4 Å². The highest BCUT2D eigenvalue weighted by atomic mass is 32.1. The molecule has 0 aliphatic heterocycles. The fourth-order valence-electron chi connectivity index (χ4n) is 1.74. The number of carbonyl (C=O) groups excluding carboxylic acids is 2. The summed E-state index contributed by atoms with van der Waals surface area (Å²) in [4.78, 5) is 28.0. The molecule has 0 atom stereocenters. The van der Waals surface area contributed by atoms with E-state index in [1.165, 1.54) is 17.6 Å². The van der Waals surface area contributed by atoms with Gasteiger partial charge in [-0.1, -0.05) is 12.1 Å². The van der Waals surface area contributed by atoms with E-state index < -0.39 is 0 Å². The number of furan rings is 1. The lowest BCUT2D eigenvalue weighted by Gasteiger charge is -1.94. The quantitative estimate of drug-likeness (QED) is 0.539. The molecule has 0 N–H and O–H groups in total. The molecule has 94 valence electrons. The number of benzene rings is 1. The largest absolute Gasteiger partial charge is 0.461 e. The first-order chi connectivity index (χ1) is 9.24. The van der Waals surface area contributed by atoms with Crippen LogP contribution in [0.5, 0.6) is 0 Å². The molecule has 0 aliphatic rings. The molecular formula is C14H9NO3S. The number of Topliss-reactive ketones (excluding diaryl/α,β-unsaturated/α-hetero) is 2. The molecule has 0 aliphatic carbocycles. The molecule has 4 nitrogen and oxygen atoms in total. The Morgan fingerprint density at radius 1 is 1.11 bits per heavy atom. The van der Waals surface area contributed by atoms with E-state index in [1.54, 1.807) is 12.1 Å². The van der Waals surface area contributed by atoms with Crippen LogP contribution in [0.2, 0.25) is 0 Å². The maximum Gasteiger partial charge on any atom is 0.205 e. The van der Waals surface area contributed by atoms with Gasteiger partial charge in [-0.3, -0.25) is 9.59 Å². The smallest absolute Gasteiger partial charge is 0.205 e. The van der Waals surface area contributed by atoms with Crippen molar-refractivity contribution in [1.82, 2.24) is 4.98 Å². The topological polar surface area (TPSA) is 60.2 Å². The molecule has 0 saturated heterocycles. The standard InChI is InChI=1S/C14H9NO3S/c16-10(12-5-3-7-18-12)8-11(17)14-15-9-4-1-2-6-13(9)19-14/h1-7H,8H2. The SMILES string of the molecule is O=C(CC(=O)c1nc2ccccc2s1)c1ccco1. The molecule has 0 fully saturated rings. The van der Waals surface area contributed by atoms with Crippen molar-refractivity contribution in [2.45, 2.75) is 6.42 Å². The lowest BCUT2D eigenvalue weighted by molar-refractivity contribution is 0.0878. The normalized spacial score (nSPS) is 10.7. The lowest BCUT2D eigenvalue weighted by atomic mass is 10.2. The van der Waals surface area contributed by atoms with Gasteiger partial charge in [0.25, 0.3) is 0 Å². The molecule has 3 rings (SSSR count). The predicted octanol–water partition coefficient (Wildman–Crippen LogP) is 3.35. The third-order valence-electron chi connectivity index (χ3n) is 2.65. The Morgan fingerprint density at radius 3 is 2.68 bits per heavy atom. The van der Waals surface area contributed by atoms with Gasteiger partial charge in [0, 0.05) is 0 Å². The van der Waals surface area contributed by atoms with Crippen LogP contribution in [-0.2, 0) is 0 Å². The van der Waals surface area contributed by atoms with E-state index in [1.807, 2.05) is 24.3 Å². The molecule has 0 saturated carbocycles. The molecule has 19 heavy (non-hydrogen) atoms. The number of nitrogens with zero attached hydrogens (tertiary/aromatic N) is 1. The van der Waals surface area contributed by atoms with Crippen LogP contribution in [0.25, 0.3) is 10.2 Å². The first kappa shape index (κ1) is 11.8. The van der Waals surface area contributed by atoms with Gasteiger partial charge in [0.1, 0.15) is 0 Å². The number of fused-ring (bicyclic) bond motifs is 1. The van der Waals surface area contributed by atoms with E-state index in [2.05, 4.69) is 4.98 Å². The molecule has 5 heteroatoms. The Labute approximate surface area is 112 Å². The van der Waals surface area contributed by atoms with Crippen molar-refractivity contribution < 1.29 is 14.0 Å². The Hall–Kier alpha value is -2.27. The van der Waals surface area contributed by atoms with Crippen LogP contribution in [0.1, 0.15) is 26.8 Å². The summed E-state index contributed by atoms with van der Waals surface area (Å²) in [6.45, 7) is 0. The molecule has 0 bridgehead atoms. The van der Waals surface area contributed by atoms with E-state index in [0.717, 1.165) is 10.2 Å². The number of carbonyl (C=O) groups is 2. The number of hydrogen-bond acceptors (Lipinski definition) is 5. The lowest BCUT2D eigenvalue weighted by Crippen LogP contribution is -2.07. The summed E-state index contributed by atoms with van der Waals surface area (Å²) in [6.07, 6.45) is 1.20. The van der Waals surface area contributed by atoms with Crippen LogP contribution >= 0.6 is 11.3 Å². The first-order valence-corrected chi connectivity index (χ1v) is 6.51. The Balaban J connectivity index is 1.82. The molecule has 0 radical (unpaired) electrons. The van der Waals surface area contributed by atoms with Gasteiger partial charge in [0.2, 0.25) is 5.78 Å². The van der Waals surface area contributed by atoms with Crippen LogP contribution < -0.4 is 0 Å². The zero-order chi connectivity index (χ0) is 13.2. The zero-order valence-electron chi connectivity index (χ0n) is 9.83. The molecule has 0 amide bonds. The van der Waals surface area contributed by atoms with Gasteiger partial charge in [-0.05, 0) is 24.3 Å². The molecule has 0 spiro atoms. The van der Waals surface area contributed by atoms with Crippen molar-refractivity contribution in [2.75, 3.05) is 0 Å². The van der Waals surface area contributed by atoms with Gasteiger partial charge >= 0.3 is 0 Å². The van der Waals surface area contributed by atoms with Gasteiger partial charge in [0.05, 0.1) is 22.9 Å². The molecule has 1 aromatic carbocycles. The van der Waals surface area contributed by atoms with E-state index >= 15 is 0 Å². The minimum absolute atomic E-state index is 0.203. The maximum atomic E-state index is 12.0. The second-order valence-electron chi connectivity index (χ2n) is 3.99. The molecule has 3 aromatic rings. The van der Waals surface area contributed by atoms with E-state index in [0.29, 0.717) is 5.01 Å². The minimum Gasteiger partial charge on any atom is -0.461 e. The summed E-state index contributed by atoms with van der Waals surface area (Å²) >= 11 is 1.30. The summed E-state index contributed by atoms with van der Waals surface area (Å²) in [5.41, 5.74) is 0.779. The number of ketones is 2. The van der Waals surface area contributed by atoms with E-state index in [9.17, 15) is 9.59 Å². The number of para-hydroxylation sites is 1. The van der Waals surface area contributed by atoms with Gasteiger partial charge in [-0.25, -0.2) is 4.98 Å². The highest BCUT2D eigenvalue weighted by Crippen LogP contribution is 2.22. The minimum atomic E-state index is -0.325. The van der Waals surface area contributed by atoms with Gasteiger partial charge < -0.3 is 4.42 Å². The van der Waals surface area contributed by atoms with Gasteiger partial charge in [-0.15, -0.1) is 11.3 Å². The van der Waals surface area contributed by atoms with Crippen LogP contribution in [0.15, 0.2) is 47.1 Å². The number of thiazole rings is 1. The fraction of sp³-hybridized carbons (Fsp3) is 0.0714. The summed E-state index contributed by atoms with van der Waals surface area (Å²) in [5, 5.41) is 0.362. The van der Waals surface area contributed by atoms with Crippen molar-refractivity contribution in [1.29, 1.82) is 0 Å². The second kappa shape index (κ2) is 4.78. The van der Waals surface area contributed by atoms with E-state index in [4.69, 9.17) is 4.42 Å².